The van der Waals surface area contributed by atoms with E-state index in [0.717, 1.165) is 10.2 Å². The predicted molar refractivity (Wildman–Crippen MR) is 102 cm³/mol. The monoisotopic (exact) mass is 346 g/mol. The maximum Gasteiger partial charge on any atom is 0.279 e. The standard InChI is InChI=1S/C20H15FN4O/c21-19-14-6-1-2-7-15(14)20(26)25(24-19)18-8-4-3-5-13(18)12-9-10-16(22)17(23)11-12/h1-11H,22-23H2. The van der Waals surface area contributed by atoms with Gasteiger partial charge in [0.2, 0.25) is 5.95 Å². The highest BCUT2D eigenvalue weighted by Gasteiger charge is 2.14. The minimum atomic E-state index is -0.702. The molecular formula is C20H15FN4O. The lowest BCUT2D eigenvalue weighted by atomic mass is 10.0. The molecule has 128 valence electrons. The fourth-order valence-electron chi connectivity index (χ4n) is 2.96. The van der Waals surface area contributed by atoms with Crippen LogP contribution in [0.5, 0.6) is 0 Å². The molecular weight excluding hydrogens is 331 g/mol. The lowest BCUT2D eigenvalue weighted by molar-refractivity contribution is 0.553. The number of hydrogen-bond acceptors (Lipinski definition) is 4. The molecule has 6 heteroatoms. The molecule has 0 aliphatic heterocycles. The molecule has 0 unspecified atom stereocenters. The molecule has 26 heavy (non-hydrogen) atoms. The molecule has 0 amide bonds. The van der Waals surface area contributed by atoms with E-state index in [1.54, 1.807) is 48.5 Å². The second kappa shape index (κ2) is 6.00. The van der Waals surface area contributed by atoms with Gasteiger partial charge in [-0.25, -0.2) is 0 Å². The van der Waals surface area contributed by atoms with E-state index in [-0.39, 0.29) is 10.8 Å². The fraction of sp³-hybridized carbons (Fsp3) is 0. The molecule has 0 fully saturated rings. The number of aromatic nitrogens is 2. The van der Waals surface area contributed by atoms with Gasteiger partial charge in [0.05, 0.1) is 22.4 Å². The summed E-state index contributed by atoms with van der Waals surface area (Å²) in [5.41, 5.74) is 14.1. The Morgan fingerprint density at radius 1 is 0.846 bits per heavy atom. The fourth-order valence-corrected chi connectivity index (χ4v) is 2.96. The Kier molecular flexibility index (Phi) is 3.65. The third-order valence-electron chi connectivity index (χ3n) is 4.29. The topological polar surface area (TPSA) is 86.9 Å². The number of nitrogen functional groups attached to an aromatic ring is 2. The van der Waals surface area contributed by atoms with E-state index in [4.69, 9.17) is 11.5 Å². The molecule has 0 saturated carbocycles. The number of para-hydroxylation sites is 1. The Balaban J connectivity index is 2.01. The highest BCUT2D eigenvalue weighted by molar-refractivity contribution is 5.83. The van der Waals surface area contributed by atoms with Gasteiger partial charge in [0, 0.05) is 10.9 Å². The molecule has 0 spiro atoms. The smallest absolute Gasteiger partial charge is 0.279 e. The number of hydrogen-bond donors (Lipinski definition) is 2. The van der Waals surface area contributed by atoms with E-state index in [0.29, 0.717) is 22.6 Å². The van der Waals surface area contributed by atoms with Crippen molar-refractivity contribution < 1.29 is 4.39 Å². The SMILES string of the molecule is Nc1ccc(-c2ccccc2-n2nc(F)c3ccccc3c2=O)cc1N. The van der Waals surface area contributed by atoms with Crippen molar-refractivity contribution in [1.82, 2.24) is 9.78 Å². The third-order valence-corrected chi connectivity index (χ3v) is 4.29. The van der Waals surface area contributed by atoms with Gasteiger partial charge in [-0.05, 0) is 35.9 Å². The average Bonchev–Trinajstić information content (AvgIpc) is 2.67. The van der Waals surface area contributed by atoms with E-state index >= 15 is 0 Å². The maximum atomic E-state index is 14.5. The zero-order valence-corrected chi connectivity index (χ0v) is 13.7. The average molecular weight is 346 g/mol. The molecule has 0 saturated heterocycles. The van der Waals surface area contributed by atoms with Crippen LogP contribution in [0.2, 0.25) is 0 Å². The van der Waals surface area contributed by atoms with Gasteiger partial charge in [0.1, 0.15) is 0 Å². The first kappa shape index (κ1) is 15.8. The van der Waals surface area contributed by atoms with Gasteiger partial charge in [-0.15, -0.1) is 5.10 Å². The van der Waals surface area contributed by atoms with Crippen LogP contribution >= 0.6 is 0 Å². The van der Waals surface area contributed by atoms with Crippen molar-refractivity contribution in [1.29, 1.82) is 0 Å². The first-order valence-electron chi connectivity index (χ1n) is 7.98. The first-order chi connectivity index (χ1) is 12.6. The van der Waals surface area contributed by atoms with Gasteiger partial charge in [0.25, 0.3) is 5.56 Å². The summed E-state index contributed by atoms with van der Waals surface area (Å²) in [5.74, 6) is -0.702. The lowest BCUT2D eigenvalue weighted by Gasteiger charge is -2.13. The number of benzene rings is 3. The summed E-state index contributed by atoms with van der Waals surface area (Å²) < 4.78 is 15.5. The minimum Gasteiger partial charge on any atom is -0.397 e. The molecule has 4 aromatic rings. The number of nitrogens with two attached hydrogens (primary N) is 2. The van der Waals surface area contributed by atoms with Gasteiger partial charge in [0.15, 0.2) is 0 Å². The molecule has 1 heterocycles. The van der Waals surface area contributed by atoms with Gasteiger partial charge in [-0.1, -0.05) is 36.4 Å². The summed E-state index contributed by atoms with van der Waals surface area (Å²) in [6.45, 7) is 0. The molecule has 4 N–H and O–H groups in total. The van der Waals surface area contributed by atoms with Crippen LogP contribution in [0.25, 0.3) is 27.6 Å². The third kappa shape index (κ3) is 2.48. The Hall–Kier alpha value is -3.67. The Morgan fingerprint density at radius 3 is 2.31 bits per heavy atom. The zero-order chi connectivity index (χ0) is 18.3. The molecule has 0 radical (unpaired) electrons. The van der Waals surface area contributed by atoms with Crippen molar-refractivity contribution >= 4 is 22.1 Å². The lowest BCUT2D eigenvalue weighted by Crippen LogP contribution is -2.23. The number of rotatable bonds is 2. The van der Waals surface area contributed by atoms with Crippen molar-refractivity contribution in [3.63, 3.8) is 0 Å². The summed E-state index contributed by atoms with van der Waals surface area (Å²) in [6.07, 6.45) is 0. The largest absolute Gasteiger partial charge is 0.397 e. The zero-order valence-electron chi connectivity index (χ0n) is 13.7. The molecule has 3 aromatic carbocycles. The van der Waals surface area contributed by atoms with E-state index in [1.807, 2.05) is 12.1 Å². The van der Waals surface area contributed by atoms with Crippen LogP contribution in [-0.4, -0.2) is 9.78 Å². The van der Waals surface area contributed by atoms with Crippen LogP contribution in [0, 0.1) is 5.95 Å². The van der Waals surface area contributed by atoms with E-state index in [1.165, 1.54) is 6.07 Å². The molecule has 4 rings (SSSR count). The molecule has 0 bridgehead atoms. The number of anilines is 2. The summed E-state index contributed by atoms with van der Waals surface area (Å²) in [7, 11) is 0. The number of nitrogens with zero attached hydrogens (tertiary/aromatic N) is 2. The maximum absolute atomic E-state index is 14.5. The van der Waals surface area contributed by atoms with Crippen LogP contribution < -0.4 is 17.0 Å². The second-order valence-electron chi connectivity index (χ2n) is 5.91. The van der Waals surface area contributed by atoms with Crippen LogP contribution in [0.1, 0.15) is 0 Å². The van der Waals surface area contributed by atoms with Crippen molar-refractivity contribution in [2.75, 3.05) is 11.5 Å². The highest BCUT2D eigenvalue weighted by Crippen LogP contribution is 2.29. The summed E-state index contributed by atoms with van der Waals surface area (Å²) >= 11 is 0. The second-order valence-corrected chi connectivity index (χ2v) is 5.91. The summed E-state index contributed by atoms with van der Waals surface area (Å²) in [5, 5.41) is 4.35. The summed E-state index contributed by atoms with van der Waals surface area (Å²) in [4.78, 5) is 12.9. The molecule has 0 atom stereocenters. The van der Waals surface area contributed by atoms with Crippen LogP contribution in [0.3, 0.4) is 0 Å². The van der Waals surface area contributed by atoms with E-state index in [2.05, 4.69) is 5.10 Å². The predicted octanol–water partition coefficient (Wildman–Crippen LogP) is 3.36. The van der Waals surface area contributed by atoms with Gasteiger partial charge in [-0.2, -0.15) is 9.07 Å². The minimum absolute atomic E-state index is 0.197. The van der Waals surface area contributed by atoms with Gasteiger partial charge >= 0.3 is 0 Å². The van der Waals surface area contributed by atoms with Crippen molar-refractivity contribution in [3.8, 4) is 16.8 Å². The Bertz CT molecular complexity index is 1200. The van der Waals surface area contributed by atoms with E-state index < -0.39 is 11.5 Å². The quantitative estimate of drug-likeness (QED) is 0.545. The van der Waals surface area contributed by atoms with Crippen LogP contribution in [-0.2, 0) is 0 Å². The Labute approximate surface area is 148 Å². The number of fused-ring (bicyclic) bond motifs is 1. The number of halogens is 1. The summed E-state index contributed by atoms with van der Waals surface area (Å²) in [6, 6.07) is 18.8. The van der Waals surface area contributed by atoms with Crippen LogP contribution in [0.4, 0.5) is 15.8 Å². The molecule has 5 nitrogen and oxygen atoms in total. The van der Waals surface area contributed by atoms with Gasteiger partial charge in [-0.3, -0.25) is 4.79 Å². The van der Waals surface area contributed by atoms with E-state index in [9.17, 15) is 9.18 Å². The van der Waals surface area contributed by atoms with Gasteiger partial charge < -0.3 is 11.5 Å². The Morgan fingerprint density at radius 2 is 1.54 bits per heavy atom. The normalized spacial score (nSPS) is 11.0. The van der Waals surface area contributed by atoms with Crippen molar-refractivity contribution in [3.05, 3.63) is 83.0 Å². The van der Waals surface area contributed by atoms with Crippen molar-refractivity contribution in [2.45, 2.75) is 0 Å². The molecule has 0 aliphatic rings. The molecule has 1 aromatic heterocycles. The van der Waals surface area contributed by atoms with Crippen LogP contribution in [0.15, 0.2) is 71.5 Å². The molecule has 0 aliphatic carbocycles. The van der Waals surface area contributed by atoms with Crippen molar-refractivity contribution in [2.24, 2.45) is 0 Å². The first-order valence-corrected chi connectivity index (χ1v) is 7.98. The highest BCUT2D eigenvalue weighted by atomic mass is 19.1.